The molecule has 94 valence electrons. The van der Waals surface area contributed by atoms with Crippen LogP contribution in [0.5, 0.6) is 0 Å². The highest BCUT2D eigenvalue weighted by atomic mass is 16.5. The van der Waals surface area contributed by atoms with Crippen molar-refractivity contribution in [2.24, 2.45) is 5.73 Å². The fourth-order valence-electron chi connectivity index (χ4n) is 2.12. The molecule has 0 aliphatic carbocycles. The van der Waals surface area contributed by atoms with Crippen LogP contribution in [0.2, 0.25) is 0 Å². The van der Waals surface area contributed by atoms with E-state index >= 15 is 0 Å². The summed E-state index contributed by atoms with van der Waals surface area (Å²) in [5.41, 5.74) is 8.90. The maximum Gasteiger partial charge on any atom is 0.0748 e. The molecule has 4 N–H and O–H groups in total. The minimum absolute atomic E-state index is 0.372. The van der Waals surface area contributed by atoms with Gasteiger partial charge in [0.25, 0.3) is 0 Å². The maximum atomic E-state index is 5.59. The molecule has 0 amide bonds. The van der Waals surface area contributed by atoms with Crippen molar-refractivity contribution < 1.29 is 4.74 Å². The van der Waals surface area contributed by atoms with Crippen molar-refractivity contribution in [2.45, 2.75) is 25.9 Å². The van der Waals surface area contributed by atoms with Gasteiger partial charge in [-0.25, -0.2) is 0 Å². The van der Waals surface area contributed by atoms with Crippen molar-refractivity contribution in [2.75, 3.05) is 30.5 Å². The van der Waals surface area contributed by atoms with Gasteiger partial charge in [0.05, 0.1) is 12.8 Å². The second-order valence-electron chi connectivity index (χ2n) is 4.43. The number of nitrogens with one attached hydrogen (secondary N) is 2. The third kappa shape index (κ3) is 3.35. The number of anilines is 2. The van der Waals surface area contributed by atoms with Gasteiger partial charge < -0.3 is 21.1 Å². The van der Waals surface area contributed by atoms with Gasteiger partial charge in [0.15, 0.2) is 0 Å². The van der Waals surface area contributed by atoms with E-state index in [1.807, 2.05) is 6.07 Å². The van der Waals surface area contributed by atoms with Crippen LogP contribution in [0.3, 0.4) is 0 Å². The minimum Gasteiger partial charge on any atom is -0.382 e. The number of hydrogen-bond donors (Lipinski definition) is 3. The first-order valence-corrected chi connectivity index (χ1v) is 6.19. The zero-order valence-electron chi connectivity index (χ0n) is 10.3. The zero-order chi connectivity index (χ0) is 12.1. The Kier molecular flexibility index (Phi) is 4.23. The Morgan fingerprint density at radius 1 is 1.41 bits per heavy atom. The molecule has 0 bridgehead atoms. The minimum atomic E-state index is 0.372. The fraction of sp³-hybridized carbons (Fsp3) is 0.538. The van der Waals surface area contributed by atoms with E-state index in [2.05, 4.69) is 29.7 Å². The van der Waals surface area contributed by atoms with Gasteiger partial charge in [0.2, 0.25) is 0 Å². The number of rotatable bonds is 5. The molecule has 1 aliphatic heterocycles. The topological polar surface area (TPSA) is 59.3 Å². The summed E-state index contributed by atoms with van der Waals surface area (Å²) in [6, 6.07) is 6.23. The molecule has 1 aromatic rings. The standard InChI is InChI=1S/C13H21N3O/c1-10-7-11(16-9-14)4-5-13(10)15-8-12-3-2-6-17-12/h4-5,7,12,15-16H,2-3,6,8-9,14H2,1H3. The number of ether oxygens (including phenoxy) is 1. The van der Waals surface area contributed by atoms with Crippen LogP contribution >= 0.6 is 0 Å². The average molecular weight is 235 g/mol. The molecule has 0 aromatic heterocycles. The van der Waals surface area contributed by atoms with Crippen molar-refractivity contribution in [1.29, 1.82) is 0 Å². The molecule has 1 fully saturated rings. The maximum absolute atomic E-state index is 5.59. The number of hydrogen-bond acceptors (Lipinski definition) is 4. The van der Waals surface area contributed by atoms with E-state index in [4.69, 9.17) is 10.5 Å². The summed E-state index contributed by atoms with van der Waals surface area (Å²) in [6.45, 7) is 4.36. The molecule has 1 aromatic carbocycles. The summed E-state index contributed by atoms with van der Waals surface area (Å²) in [6.07, 6.45) is 2.72. The fourth-order valence-corrected chi connectivity index (χ4v) is 2.12. The second kappa shape index (κ2) is 5.89. The predicted molar refractivity (Wildman–Crippen MR) is 71.3 cm³/mol. The van der Waals surface area contributed by atoms with Crippen LogP contribution in [0.25, 0.3) is 0 Å². The van der Waals surface area contributed by atoms with Crippen LogP contribution in [0, 0.1) is 6.92 Å². The highest BCUT2D eigenvalue weighted by Crippen LogP contribution is 2.20. The van der Waals surface area contributed by atoms with Gasteiger partial charge in [0.1, 0.15) is 0 Å². The third-order valence-corrected chi connectivity index (χ3v) is 3.08. The van der Waals surface area contributed by atoms with Gasteiger partial charge in [-0.05, 0) is 43.5 Å². The summed E-state index contributed by atoms with van der Waals surface area (Å²) in [5, 5.41) is 6.54. The SMILES string of the molecule is Cc1cc(NCN)ccc1NCC1CCCO1. The summed E-state index contributed by atoms with van der Waals surface area (Å²) in [4.78, 5) is 0. The van der Waals surface area contributed by atoms with Crippen LogP contribution < -0.4 is 16.4 Å². The molecule has 4 heteroatoms. The predicted octanol–water partition coefficient (Wildman–Crippen LogP) is 1.91. The van der Waals surface area contributed by atoms with E-state index in [0.717, 1.165) is 18.8 Å². The Balaban J connectivity index is 1.91. The van der Waals surface area contributed by atoms with E-state index in [0.29, 0.717) is 12.8 Å². The lowest BCUT2D eigenvalue weighted by molar-refractivity contribution is 0.120. The molecule has 1 unspecified atom stereocenters. The van der Waals surface area contributed by atoms with Crippen LogP contribution in [-0.4, -0.2) is 25.9 Å². The Morgan fingerprint density at radius 3 is 2.94 bits per heavy atom. The number of aryl methyl sites for hydroxylation is 1. The highest BCUT2D eigenvalue weighted by Gasteiger charge is 2.14. The van der Waals surface area contributed by atoms with E-state index in [1.54, 1.807) is 0 Å². The largest absolute Gasteiger partial charge is 0.382 e. The Bertz CT molecular complexity index is 362. The molecule has 1 aliphatic rings. The lowest BCUT2D eigenvalue weighted by atomic mass is 10.1. The Morgan fingerprint density at radius 2 is 2.29 bits per heavy atom. The quantitative estimate of drug-likeness (QED) is 0.682. The Labute approximate surface area is 103 Å². The first kappa shape index (κ1) is 12.2. The molecule has 0 radical (unpaired) electrons. The summed E-state index contributed by atoms with van der Waals surface area (Å²) in [7, 11) is 0. The molecule has 1 saturated heterocycles. The average Bonchev–Trinajstić information content (AvgIpc) is 2.81. The highest BCUT2D eigenvalue weighted by molar-refractivity contribution is 5.59. The van der Waals surface area contributed by atoms with Crippen LogP contribution in [0.15, 0.2) is 18.2 Å². The molecule has 0 spiro atoms. The number of benzene rings is 1. The molecular formula is C13H21N3O. The summed E-state index contributed by atoms with van der Waals surface area (Å²) in [5.74, 6) is 0. The molecule has 4 nitrogen and oxygen atoms in total. The van der Waals surface area contributed by atoms with Crippen molar-refractivity contribution in [3.63, 3.8) is 0 Å². The zero-order valence-corrected chi connectivity index (χ0v) is 10.3. The molecule has 1 atom stereocenters. The lowest BCUT2D eigenvalue weighted by Gasteiger charge is -2.14. The second-order valence-corrected chi connectivity index (χ2v) is 4.43. The first-order chi connectivity index (χ1) is 8.29. The van der Waals surface area contributed by atoms with Crippen LogP contribution in [0.4, 0.5) is 11.4 Å². The van der Waals surface area contributed by atoms with Crippen LogP contribution in [0.1, 0.15) is 18.4 Å². The summed E-state index contributed by atoms with van der Waals surface area (Å²) >= 11 is 0. The van der Waals surface area contributed by atoms with Crippen molar-refractivity contribution >= 4 is 11.4 Å². The molecule has 1 heterocycles. The van der Waals surface area contributed by atoms with Gasteiger partial charge in [-0.1, -0.05) is 0 Å². The molecular weight excluding hydrogens is 214 g/mol. The normalized spacial score (nSPS) is 19.3. The monoisotopic (exact) mass is 235 g/mol. The smallest absolute Gasteiger partial charge is 0.0748 e. The van der Waals surface area contributed by atoms with Gasteiger partial charge in [-0.2, -0.15) is 0 Å². The Hall–Kier alpha value is -1.26. The van der Waals surface area contributed by atoms with Crippen LogP contribution in [-0.2, 0) is 4.74 Å². The van der Waals surface area contributed by atoms with Gasteiger partial charge in [-0.15, -0.1) is 0 Å². The number of nitrogens with two attached hydrogens (primary N) is 1. The molecule has 0 saturated carbocycles. The van der Waals surface area contributed by atoms with E-state index in [9.17, 15) is 0 Å². The van der Waals surface area contributed by atoms with Gasteiger partial charge in [0, 0.05) is 24.5 Å². The van der Waals surface area contributed by atoms with Gasteiger partial charge in [-0.3, -0.25) is 0 Å². The summed E-state index contributed by atoms with van der Waals surface area (Å²) < 4.78 is 5.59. The van der Waals surface area contributed by atoms with E-state index in [-0.39, 0.29) is 0 Å². The molecule has 2 rings (SSSR count). The van der Waals surface area contributed by atoms with Crippen molar-refractivity contribution in [3.05, 3.63) is 23.8 Å². The lowest BCUT2D eigenvalue weighted by Crippen LogP contribution is -2.18. The van der Waals surface area contributed by atoms with Gasteiger partial charge >= 0.3 is 0 Å². The first-order valence-electron chi connectivity index (χ1n) is 6.19. The van der Waals surface area contributed by atoms with E-state index in [1.165, 1.54) is 24.1 Å². The molecule has 17 heavy (non-hydrogen) atoms. The third-order valence-electron chi connectivity index (χ3n) is 3.08. The van der Waals surface area contributed by atoms with Crippen molar-refractivity contribution in [1.82, 2.24) is 0 Å². The van der Waals surface area contributed by atoms with Crippen molar-refractivity contribution in [3.8, 4) is 0 Å². The van der Waals surface area contributed by atoms with E-state index < -0.39 is 0 Å².